The SMILES string of the molecule is Nc1cccc[nH+]1.O=C(O)C[C@H](O)C(=O)[O-]. The van der Waals surface area contributed by atoms with Crippen molar-refractivity contribution in [1.29, 1.82) is 0 Å². The van der Waals surface area contributed by atoms with Gasteiger partial charge in [0.25, 0.3) is 5.82 Å². The minimum Gasteiger partial charge on any atom is -0.547 e. The smallest absolute Gasteiger partial charge is 0.306 e. The molecule has 5 N–H and O–H groups in total. The number of carboxylic acid groups (broad SMARTS) is 2. The first-order valence-corrected chi connectivity index (χ1v) is 4.26. The number of aliphatic hydroxyl groups excluding tert-OH is 1. The molecule has 0 fully saturated rings. The fourth-order valence-electron chi connectivity index (χ4n) is 0.656. The molecule has 7 nitrogen and oxygen atoms in total. The molecule has 88 valence electrons. The summed E-state index contributed by atoms with van der Waals surface area (Å²) in [5, 5.41) is 25.7. The van der Waals surface area contributed by atoms with Crippen LogP contribution in [0.5, 0.6) is 0 Å². The number of aromatic nitrogens is 1. The van der Waals surface area contributed by atoms with Gasteiger partial charge in [0.2, 0.25) is 0 Å². The van der Waals surface area contributed by atoms with Gasteiger partial charge in [0, 0.05) is 6.07 Å². The van der Waals surface area contributed by atoms with E-state index in [1.54, 1.807) is 12.3 Å². The number of carbonyl (C=O) groups is 2. The van der Waals surface area contributed by atoms with E-state index >= 15 is 0 Å². The Labute approximate surface area is 91.2 Å². The van der Waals surface area contributed by atoms with Gasteiger partial charge in [-0.2, -0.15) is 0 Å². The first-order valence-electron chi connectivity index (χ1n) is 4.26. The van der Waals surface area contributed by atoms with Crippen LogP contribution in [0.1, 0.15) is 6.42 Å². The molecule has 16 heavy (non-hydrogen) atoms. The molecule has 0 amide bonds. The lowest BCUT2D eigenvalue weighted by Crippen LogP contribution is -2.36. The van der Waals surface area contributed by atoms with E-state index in [-0.39, 0.29) is 0 Å². The largest absolute Gasteiger partial charge is 0.547 e. The van der Waals surface area contributed by atoms with Gasteiger partial charge in [-0.1, -0.05) is 6.07 Å². The van der Waals surface area contributed by atoms with Gasteiger partial charge < -0.3 is 20.1 Å². The Hall–Kier alpha value is -2.15. The zero-order chi connectivity index (χ0) is 12.6. The maximum absolute atomic E-state index is 9.66. The van der Waals surface area contributed by atoms with Crippen molar-refractivity contribution in [3.63, 3.8) is 0 Å². The summed E-state index contributed by atoms with van der Waals surface area (Å²) in [6.07, 6.45) is -0.931. The van der Waals surface area contributed by atoms with E-state index in [1.165, 1.54) is 0 Å². The summed E-state index contributed by atoms with van der Waals surface area (Å²) in [7, 11) is 0. The minimum absolute atomic E-state index is 0.697. The van der Waals surface area contributed by atoms with Gasteiger partial charge in [-0.15, -0.1) is 0 Å². The van der Waals surface area contributed by atoms with E-state index in [0.29, 0.717) is 5.82 Å². The van der Waals surface area contributed by atoms with Crippen molar-refractivity contribution in [1.82, 2.24) is 0 Å². The average Bonchev–Trinajstić information content (AvgIpc) is 2.18. The molecular weight excluding hydrogens is 216 g/mol. The summed E-state index contributed by atoms with van der Waals surface area (Å²) in [5.74, 6) is -2.44. The molecule has 0 aromatic carbocycles. The Morgan fingerprint density at radius 2 is 2.12 bits per heavy atom. The number of carboxylic acids is 2. The molecule has 0 spiro atoms. The number of hydrogen-bond donors (Lipinski definition) is 3. The third-order valence-corrected chi connectivity index (χ3v) is 1.37. The molecule has 1 heterocycles. The van der Waals surface area contributed by atoms with E-state index < -0.39 is 24.5 Å². The second kappa shape index (κ2) is 7.18. The maximum atomic E-state index is 9.66. The molecule has 0 saturated carbocycles. The lowest BCUT2D eigenvalue weighted by Gasteiger charge is -2.06. The van der Waals surface area contributed by atoms with E-state index in [4.69, 9.17) is 15.9 Å². The predicted molar refractivity (Wildman–Crippen MR) is 50.7 cm³/mol. The zero-order valence-corrected chi connectivity index (χ0v) is 8.29. The molecule has 1 rings (SSSR count). The van der Waals surface area contributed by atoms with Gasteiger partial charge in [0.15, 0.2) is 0 Å². The Morgan fingerprint density at radius 3 is 2.31 bits per heavy atom. The van der Waals surface area contributed by atoms with Crippen LogP contribution in [0.2, 0.25) is 0 Å². The van der Waals surface area contributed by atoms with Gasteiger partial charge in [0.05, 0.1) is 18.6 Å². The van der Waals surface area contributed by atoms with Crippen molar-refractivity contribution < 1.29 is 29.9 Å². The van der Waals surface area contributed by atoms with Crippen LogP contribution in [0.25, 0.3) is 0 Å². The number of nitrogen functional groups attached to an aromatic ring is 1. The van der Waals surface area contributed by atoms with Crippen molar-refractivity contribution in [2.45, 2.75) is 12.5 Å². The molecule has 0 aliphatic heterocycles. The summed E-state index contributed by atoms with van der Waals surface area (Å²) in [4.78, 5) is 22.1. The number of hydrogen-bond acceptors (Lipinski definition) is 5. The predicted octanol–water partition coefficient (Wildman–Crippen LogP) is -2.35. The maximum Gasteiger partial charge on any atom is 0.306 e. The topological polar surface area (TPSA) is 138 Å². The van der Waals surface area contributed by atoms with Gasteiger partial charge in [-0.25, -0.2) is 4.98 Å². The quantitative estimate of drug-likeness (QED) is 0.529. The number of nitrogens with two attached hydrogens (primary N) is 1. The van der Waals surface area contributed by atoms with E-state index in [1.807, 2.05) is 12.1 Å². The highest BCUT2D eigenvalue weighted by atomic mass is 16.4. The molecule has 0 aliphatic rings. The molecule has 0 radical (unpaired) electrons. The number of pyridine rings is 1. The standard InChI is InChI=1S/C5H6N2.C4H6O5/c6-5-3-1-2-4-7-5;5-2(4(8)9)1-3(6)7/h1-4H,(H2,6,7);2,5H,1H2,(H,6,7)(H,8,9)/t;2-/m.0/s1. The van der Waals surface area contributed by atoms with Crippen LogP contribution in [0, 0.1) is 0 Å². The third kappa shape index (κ3) is 7.27. The molecule has 0 bridgehead atoms. The number of aromatic amines is 1. The molecule has 7 heteroatoms. The fourth-order valence-corrected chi connectivity index (χ4v) is 0.656. The first kappa shape index (κ1) is 13.8. The second-order valence-corrected chi connectivity index (χ2v) is 2.75. The normalized spacial score (nSPS) is 10.8. The minimum atomic E-state index is -1.90. The van der Waals surface area contributed by atoms with Crippen LogP contribution in [0.4, 0.5) is 5.82 Å². The molecule has 1 aromatic heterocycles. The van der Waals surface area contributed by atoms with Crippen LogP contribution in [-0.4, -0.2) is 28.3 Å². The molecule has 0 saturated heterocycles. The highest BCUT2D eigenvalue weighted by Gasteiger charge is 2.08. The van der Waals surface area contributed by atoms with Gasteiger partial charge in [-0.3, -0.25) is 10.5 Å². The van der Waals surface area contributed by atoms with Crippen LogP contribution in [-0.2, 0) is 9.59 Å². The summed E-state index contributed by atoms with van der Waals surface area (Å²) in [5.41, 5.74) is 5.30. The molecular formula is C9H12N2O5. The Bertz CT molecular complexity index is 341. The summed E-state index contributed by atoms with van der Waals surface area (Å²) in [6.45, 7) is 0. The number of aliphatic carboxylic acids is 2. The van der Waals surface area contributed by atoms with Crippen LogP contribution in [0.15, 0.2) is 24.4 Å². The zero-order valence-electron chi connectivity index (χ0n) is 8.29. The van der Waals surface area contributed by atoms with Crippen LogP contribution in [0.3, 0.4) is 0 Å². The average molecular weight is 228 g/mol. The number of aliphatic hydroxyl groups is 1. The van der Waals surface area contributed by atoms with Gasteiger partial charge in [0.1, 0.15) is 6.10 Å². The third-order valence-electron chi connectivity index (χ3n) is 1.37. The second-order valence-electron chi connectivity index (χ2n) is 2.75. The lowest BCUT2D eigenvalue weighted by atomic mass is 10.3. The Balaban J connectivity index is 0.000000288. The number of nitrogens with one attached hydrogen (secondary N) is 1. The van der Waals surface area contributed by atoms with Crippen molar-refractivity contribution in [3.8, 4) is 0 Å². The number of anilines is 1. The number of carbonyl (C=O) groups excluding carboxylic acids is 1. The summed E-state index contributed by atoms with van der Waals surface area (Å²) < 4.78 is 0. The summed E-state index contributed by atoms with van der Waals surface area (Å²) in [6, 6.07) is 5.57. The number of H-pyrrole nitrogens is 1. The Morgan fingerprint density at radius 1 is 1.50 bits per heavy atom. The molecule has 1 aromatic rings. The van der Waals surface area contributed by atoms with Gasteiger partial charge in [-0.05, 0) is 6.07 Å². The summed E-state index contributed by atoms with van der Waals surface area (Å²) >= 11 is 0. The van der Waals surface area contributed by atoms with E-state index in [0.717, 1.165) is 0 Å². The molecule has 0 unspecified atom stereocenters. The van der Waals surface area contributed by atoms with Crippen molar-refractivity contribution in [2.24, 2.45) is 0 Å². The van der Waals surface area contributed by atoms with E-state index in [9.17, 15) is 14.7 Å². The van der Waals surface area contributed by atoms with Gasteiger partial charge >= 0.3 is 5.97 Å². The Kier molecular flexibility index (Phi) is 6.22. The first-order chi connectivity index (χ1) is 7.43. The van der Waals surface area contributed by atoms with Crippen LogP contribution >= 0.6 is 0 Å². The highest BCUT2D eigenvalue weighted by molar-refractivity contribution is 5.77. The van der Waals surface area contributed by atoms with E-state index in [2.05, 4.69) is 4.98 Å². The van der Waals surface area contributed by atoms with Crippen molar-refractivity contribution in [3.05, 3.63) is 24.4 Å². The highest BCUT2D eigenvalue weighted by Crippen LogP contribution is 1.87. The number of rotatable bonds is 3. The molecule has 0 aliphatic carbocycles. The van der Waals surface area contributed by atoms with Crippen molar-refractivity contribution >= 4 is 17.8 Å². The lowest BCUT2D eigenvalue weighted by molar-refractivity contribution is -0.360. The van der Waals surface area contributed by atoms with Crippen molar-refractivity contribution in [2.75, 3.05) is 5.73 Å². The molecule has 1 atom stereocenters. The van der Waals surface area contributed by atoms with Crippen LogP contribution < -0.4 is 15.8 Å². The monoisotopic (exact) mass is 228 g/mol. The fraction of sp³-hybridized carbons (Fsp3) is 0.222.